The molecule has 25 heavy (non-hydrogen) atoms. The zero-order valence-electron chi connectivity index (χ0n) is 14.9. The number of nitrogens with zero attached hydrogens (tertiary/aromatic N) is 2. The number of piperidine rings is 1. The van der Waals surface area contributed by atoms with Crippen LogP contribution in [0.5, 0.6) is 5.75 Å². The number of hydrogen-bond donors (Lipinski definition) is 0. The van der Waals surface area contributed by atoms with Crippen LogP contribution in [0.4, 0.5) is 0 Å². The molecule has 0 atom stereocenters. The van der Waals surface area contributed by atoms with E-state index in [1.807, 2.05) is 13.8 Å². The Labute approximate surface area is 154 Å². The summed E-state index contributed by atoms with van der Waals surface area (Å²) in [5.41, 5.74) is 0.535. The van der Waals surface area contributed by atoms with Crippen LogP contribution in [0, 0.1) is 0 Å². The SMILES string of the molecule is CCN(CC)C(=O)c1ccc(OC2CCN(S(C)(=O)=O)CC2)c(Cl)c1. The van der Waals surface area contributed by atoms with Crippen LogP contribution < -0.4 is 4.74 Å². The summed E-state index contributed by atoms with van der Waals surface area (Å²) in [6.45, 7) is 6.04. The molecule has 0 N–H and O–H groups in total. The van der Waals surface area contributed by atoms with Crippen LogP contribution in [-0.2, 0) is 10.0 Å². The fraction of sp³-hybridized carbons (Fsp3) is 0.588. The number of amides is 1. The second kappa shape index (κ2) is 8.38. The third-order valence-corrected chi connectivity index (χ3v) is 5.99. The van der Waals surface area contributed by atoms with Crippen molar-refractivity contribution in [3.8, 4) is 5.75 Å². The van der Waals surface area contributed by atoms with E-state index in [1.165, 1.54) is 10.6 Å². The molecule has 0 spiro atoms. The van der Waals surface area contributed by atoms with E-state index in [0.29, 0.717) is 55.4 Å². The molecule has 1 heterocycles. The minimum atomic E-state index is -3.15. The number of carbonyl (C=O) groups excluding carboxylic acids is 1. The maximum absolute atomic E-state index is 12.4. The van der Waals surface area contributed by atoms with Gasteiger partial charge in [0, 0.05) is 31.7 Å². The number of carbonyl (C=O) groups is 1. The van der Waals surface area contributed by atoms with Gasteiger partial charge < -0.3 is 9.64 Å². The number of benzene rings is 1. The summed E-state index contributed by atoms with van der Waals surface area (Å²) < 4.78 is 30.5. The molecule has 0 aromatic heterocycles. The van der Waals surface area contributed by atoms with Crippen molar-refractivity contribution in [1.82, 2.24) is 9.21 Å². The summed E-state index contributed by atoms with van der Waals surface area (Å²) in [5, 5.41) is 0.392. The number of ether oxygens (including phenoxy) is 1. The predicted octanol–water partition coefficient (Wildman–Crippen LogP) is 2.62. The van der Waals surface area contributed by atoms with E-state index in [1.54, 1.807) is 23.1 Å². The van der Waals surface area contributed by atoms with Gasteiger partial charge in [0.25, 0.3) is 5.91 Å². The van der Waals surface area contributed by atoms with Crippen LogP contribution in [0.15, 0.2) is 18.2 Å². The average molecular weight is 389 g/mol. The molecule has 6 nitrogen and oxygen atoms in total. The minimum absolute atomic E-state index is 0.0556. The van der Waals surface area contributed by atoms with Gasteiger partial charge in [-0.1, -0.05) is 11.6 Å². The van der Waals surface area contributed by atoms with E-state index in [-0.39, 0.29) is 12.0 Å². The van der Waals surface area contributed by atoms with E-state index in [9.17, 15) is 13.2 Å². The van der Waals surface area contributed by atoms with E-state index in [2.05, 4.69) is 0 Å². The monoisotopic (exact) mass is 388 g/mol. The van der Waals surface area contributed by atoms with Gasteiger partial charge in [0.05, 0.1) is 11.3 Å². The topological polar surface area (TPSA) is 66.9 Å². The molecule has 140 valence electrons. The molecule has 1 fully saturated rings. The highest BCUT2D eigenvalue weighted by molar-refractivity contribution is 7.88. The molecule has 1 amide bonds. The predicted molar refractivity (Wildman–Crippen MR) is 98.8 cm³/mol. The molecule has 0 unspecified atom stereocenters. The first-order chi connectivity index (χ1) is 11.8. The molecule has 0 bridgehead atoms. The van der Waals surface area contributed by atoms with Crippen molar-refractivity contribution >= 4 is 27.5 Å². The fourth-order valence-corrected chi connectivity index (χ4v) is 3.98. The van der Waals surface area contributed by atoms with Gasteiger partial charge in [0.15, 0.2) is 0 Å². The minimum Gasteiger partial charge on any atom is -0.489 e. The summed E-state index contributed by atoms with van der Waals surface area (Å²) in [7, 11) is -3.15. The van der Waals surface area contributed by atoms with Gasteiger partial charge in [-0.3, -0.25) is 4.79 Å². The fourth-order valence-electron chi connectivity index (χ4n) is 2.88. The van der Waals surface area contributed by atoms with Gasteiger partial charge in [0.1, 0.15) is 11.9 Å². The molecule has 8 heteroatoms. The largest absolute Gasteiger partial charge is 0.489 e. The van der Waals surface area contributed by atoms with Crippen LogP contribution in [0.1, 0.15) is 37.0 Å². The third kappa shape index (κ3) is 5.09. The van der Waals surface area contributed by atoms with Crippen LogP contribution in [0.25, 0.3) is 0 Å². The maximum Gasteiger partial charge on any atom is 0.253 e. The summed E-state index contributed by atoms with van der Waals surface area (Å²) >= 11 is 6.28. The van der Waals surface area contributed by atoms with Crippen LogP contribution >= 0.6 is 11.6 Å². The Hall–Kier alpha value is -1.31. The smallest absolute Gasteiger partial charge is 0.253 e. The Balaban J connectivity index is 2.01. The van der Waals surface area contributed by atoms with Crippen molar-refractivity contribution in [2.45, 2.75) is 32.8 Å². The van der Waals surface area contributed by atoms with Gasteiger partial charge in [-0.05, 0) is 44.9 Å². The summed E-state index contributed by atoms with van der Waals surface area (Å²) in [6.07, 6.45) is 2.36. The Morgan fingerprint density at radius 2 is 1.88 bits per heavy atom. The van der Waals surface area contributed by atoms with E-state index < -0.39 is 10.0 Å². The highest BCUT2D eigenvalue weighted by Gasteiger charge is 2.26. The maximum atomic E-state index is 12.4. The second-order valence-electron chi connectivity index (χ2n) is 6.10. The number of hydrogen-bond acceptors (Lipinski definition) is 4. The Bertz CT molecular complexity index is 711. The number of rotatable bonds is 6. The molecule has 1 saturated heterocycles. The molecule has 0 radical (unpaired) electrons. The average Bonchev–Trinajstić information content (AvgIpc) is 2.57. The van der Waals surface area contributed by atoms with E-state index in [4.69, 9.17) is 16.3 Å². The van der Waals surface area contributed by atoms with Gasteiger partial charge in [-0.15, -0.1) is 0 Å². The Morgan fingerprint density at radius 3 is 2.36 bits per heavy atom. The molecule has 1 aromatic carbocycles. The van der Waals surface area contributed by atoms with E-state index >= 15 is 0 Å². The standard InChI is InChI=1S/C17H25ClN2O4S/c1-4-19(5-2)17(21)13-6-7-16(15(18)12-13)24-14-8-10-20(11-9-14)25(3,22)23/h6-7,12,14H,4-5,8-11H2,1-3H3. The molecule has 2 rings (SSSR count). The lowest BCUT2D eigenvalue weighted by Crippen LogP contribution is -2.41. The lowest BCUT2D eigenvalue weighted by atomic mass is 10.1. The Kier molecular flexibility index (Phi) is 6.71. The van der Waals surface area contributed by atoms with Crippen molar-refractivity contribution in [2.24, 2.45) is 0 Å². The lowest BCUT2D eigenvalue weighted by Gasteiger charge is -2.30. The van der Waals surface area contributed by atoms with Gasteiger partial charge >= 0.3 is 0 Å². The summed E-state index contributed by atoms with van der Waals surface area (Å²) in [6, 6.07) is 5.05. The molecule has 0 saturated carbocycles. The Morgan fingerprint density at radius 1 is 1.28 bits per heavy atom. The second-order valence-corrected chi connectivity index (χ2v) is 8.49. The summed E-state index contributed by atoms with van der Waals surface area (Å²) in [4.78, 5) is 14.1. The van der Waals surface area contributed by atoms with Crippen LogP contribution in [-0.4, -0.2) is 62.1 Å². The van der Waals surface area contributed by atoms with Gasteiger partial charge in [-0.2, -0.15) is 0 Å². The van der Waals surface area contributed by atoms with Crippen molar-refractivity contribution < 1.29 is 17.9 Å². The first-order valence-electron chi connectivity index (χ1n) is 8.46. The quantitative estimate of drug-likeness (QED) is 0.751. The van der Waals surface area contributed by atoms with Crippen LogP contribution in [0.3, 0.4) is 0 Å². The van der Waals surface area contributed by atoms with Gasteiger partial charge in [-0.25, -0.2) is 12.7 Å². The van der Waals surface area contributed by atoms with Crippen LogP contribution in [0.2, 0.25) is 5.02 Å². The highest BCUT2D eigenvalue weighted by Crippen LogP contribution is 2.29. The number of sulfonamides is 1. The molecule has 0 aliphatic carbocycles. The summed E-state index contributed by atoms with van der Waals surface area (Å²) in [5.74, 6) is 0.468. The van der Waals surface area contributed by atoms with Crippen molar-refractivity contribution in [2.75, 3.05) is 32.4 Å². The zero-order valence-corrected chi connectivity index (χ0v) is 16.4. The lowest BCUT2D eigenvalue weighted by molar-refractivity contribution is 0.0773. The molecular weight excluding hydrogens is 364 g/mol. The van der Waals surface area contributed by atoms with Gasteiger partial charge in [0.2, 0.25) is 10.0 Å². The molecule has 1 aromatic rings. The van der Waals surface area contributed by atoms with E-state index in [0.717, 1.165) is 0 Å². The molecule has 1 aliphatic rings. The normalized spacial score (nSPS) is 16.6. The highest BCUT2D eigenvalue weighted by atomic mass is 35.5. The van der Waals surface area contributed by atoms with Crippen molar-refractivity contribution in [1.29, 1.82) is 0 Å². The number of halogens is 1. The first-order valence-corrected chi connectivity index (χ1v) is 10.7. The van der Waals surface area contributed by atoms with Crippen molar-refractivity contribution in [3.63, 3.8) is 0 Å². The zero-order chi connectivity index (χ0) is 18.6. The molecule has 1 aliphatic heterocycles. The first kappa shape index (κ1) is 20.0. The molecular formula is C17H25ClN2O4S. The third-order valence-electron chi connectivity index (χ3n) is 4.39. The van der Waals surface area contributed by atoms with Crippen molar-refractivity contribution in [3.05, 3.63) is 28.8 Å².